The molecule has 22 heavy (non-hydrogen) atoms. The minimum Gasteiger partial charge on any atom is -0.352 e. The molecule has 1 N–H and O–H groups in total. The molecule has 1 saturated carbocycles. The minimum atomic E-state index is -0.245. The van der Waals surface area contributed by atoms with Crippen molar-refractivity contribution >= 4 is 16.9 Å². The van der Waals surface area contributed by atoms with Gasteiger partial charge in [-0.05, 0) is 30.9 Å². The first-order chi connectivity index (χ1) is 10.6. The Kier molecular flexibility index (Phi) is 4.22. The van der Waals surface area contributed by atoms with Gasteiger partial charge in [0.1, 0.15) is 6.54 Å². The van der Waals surface area contributed by atoms with Gasteiger partial charge in [-0.1, -0.05) is 31.9 Å². The molecule has 1 fully saturated rings. The molecule has 0 spiro atoms. The van der Waals surface area contributed by atoms with E-state index in [4.69, 9.17) is 0 Å². The lowest BCUT2D eigenvalue weighted by molar-refractivity contribution is -0.122. The van der Waals surface area contributed by atoms with E-state index in [1.54, 1.807) is 0 Å². The number of fused-ring (bicyclic) bond motifs is 1. The van der Waals surface area contributed by atoms with Gasteiger partial charge < -0.3 is 5.32 Å². The van der Waals surface area contributed by atoms with Crippen molar-refractivity contribution in [2.75, 3.05) is 0 Å². The van der Waals surface area contributed by atoms with Crippen molar-refractivity contribution in [1.82, 2.24) is 14.9 Å². The van der Waals surface area contributed by atoms with Gasteiger partial charge >= 0.3 is 0 Å². The maximum atomic E-state index is 12.3. The molecule has 1 aliphatic carbocycles. The van der Waals surface area contributed by atoms with E-state index in [9.17, 15) is 9.59 Å². The topological polar surface area (TPSA) is 64.0 Å². The predicted molar refractivity (Wildman–Crippen MR) is 85.6 cm³/mol. The Balaban J connectivity index is 1.76. The lowest BCUT2D eigenvalue weighted by Gasteiger charge is -2.27. The van der Waals surface area contributed by atoms with Crippen LogP contribution in [0.1, 0.15) is 32.6 Å². The van der Waals surface area contributed by atoms with Gasteiger partial charge in [0.2, 0.25) is 5.91 Å². The molecule has 1 aliphatic rings. The number of benzene rings is 1. The van der Waals surface area contributed by atoms with Crippen molar-refractivity contribution in [1.29, 1.82) is 0 Å². The van der Waals surface area contributed by atoms with Gasteiger partial charge in [0.25, 0.3) is 5.56 Å². The Bertz CT molecular complexity index is 738. The number of para-hydroxylation sites is 2. The number of nitrogens with one attached hydrogen (secondary N) is 1. The van der Waals surface area contributed by atoms with Crippen LogP contribution < -0.4 is 10.9 Å². The number of nitrogens with zero attached hydrogens (tertiary/aromatic N) is 2. The third-order valence-corrected chi connectivity index (χ3v) is 4.36. The molecular formula is C17H21N3O2. The van der Waals surface area contributed by atoms with Gasteiger partial charge in [0, 0.05) is 6.04 Å². The molecule has 2 unspecified atom stereocenters. The highest BCUT2D eigenvalue weighted by molar-refractivity contribution is 5.80. The molecule has 1 heterocycles. The normalized spacial score (nSPS) is 21.7. The van der Waals surface area contributed by atoms with Gasteiger partial charge in [0.15, 0.2) is 0 Å². The molecule has 0 aliphatic heterocycles. The summed E-state index contributed by atoms with van der Waals surface area (Å²) in [7, 11) is 0. The van der Waals surface area contributed by atoms with E-state index in [2.05, 4.69) is 17.2 Å². The quantitative estimate of drug-likeness (QED) is 0.944. The van der Waals surface area contributed by atoms with Gasteiger partial charge in [-0.25, -0.2) is 4.98 Å². The molecule has 3 rings (SSSR count). The zero-order valence-corrected chi connectivity index (χ0v) is 12.8. The first kappa shape index (κ1) is 14.8. The summed E-state index contributed by atoms with van der Waals surface area (Å²) in [4.78, 5) is 28.4. The molecule has 1 aromatic heterocycles. The van der Waals surface area contributed by atoms with E-state index in [1.807, 2.05) is 24.3 Å². The van der Waals surface area contributed by atoms with Crippen molar-refractivity contribution < 1.29 is 4.79 Å². The van der Waals surface area contributed by atoms with Gasteiger partial charge in [0.05, 0.1) is 17.2 Å². The molecule has 1 amide bonds. The number of aromatic nitrogens is 2. The molecule has 0 bridgehead atoms. The molecule has 0 radical (unpaired) electrons. The number of hydrogen-bond donors (Lipinski definition) is 1. The van der Waals surface area contributed by atoms with Crippen molar-refractivity contribution in [3.8, 4) is 0 Å². The highest BCUT2D eigenvalue weighted by Crippen LogP contribution is 2.23. The number of carbonyl (C=O) groups is 1. The third-order valence-electron chi connectivity index (χ3n) is 4.36. The lowest BCUT2D eigenvalue weighted by Crippen LogP contribution is -2.41. The van der Waals surface area contributed by atoms with Crippen LogP contribution in [0.25, 0.3) is 11.0 Å². The summed E-state index contributed by atoms with van der Waals surface area (Å²) < 4.78 is 1.49. The molecular weight excluding hydrogens is 278 g/mol. The van der Waals surface area contributed by atoms with Crippen LogP contribution in [0, 0.1) is 5.92 Å². The maximum Gasteiger partial charge on any atom is 0.269 e. The van der Waals surface area contributed by atoms with E-state index in [0.717, 1.165) is 24.8 Å². The number of hydrogen-bond acceptors (Lipinski definition) is 3. The highest BCUT2D eigenvalue weighted by atomic mass is 16.2. The van der Waals surface area contributed by atoms with E-state index >= 15 is 0 Å². The molecule has 1 aromatic carbocycles. The fourth-order valence-corrected chi connectivity index (χ4v) is 3.26. The van der Waals surface area contributed by atoms with Gasteiger partial charge in [-0.3, -0.25) is 14.2 Å². The van der Waals surface area contributed by atoms with Crippen LogP contribution in [0.3, 0.4) is 0 Å². The standard InChI is InChI=1S/C17H21N3O2/c1-12-5-4-6-13(9-12)19-16(21)11-20-15-8-3-2-7-14(15)18-10-17(20)22/h2-3,7-8,10,12-13H,4-6,9,11H2,1H3,(H,19,21). The average molecular weight is 299 g/mol. The maximum absolute atomic E-state index is 12.3. The second kappa shape index (κ2) is 6.30. The molecule has 5 nitrogen and oxygen atoms in total. The third kappa shape index (κ3) is 3.18. The second-order valence-electron chi connectivity index (χ2n) is 6.21. The monoisotopic (exact) mass is 299 g/mol. The van der Waals surface area contributed by atoms with E-state index < -0.39 is 0 Å². The van der Waals surface area contributed by atoms with Crippen molar-refractivity contribution in [3.05, 3.63) is 40.8 Å². The molecule has 5 heteroatoms. The Morgan fingerprint density at radius 2 is 2.18 bits per heavy atom. The van der Waals surface area contributed by atoms with E-state index in [0.29, 0.717) is 11.4 Å². The van der Waals surface area contributed by atoms with E-state index in [-0.39, 0.29) is 24.1 Å². The fourth-order valence-electron chi connectivity index (χ4n) is 3.26. The van der Waals surface area contributed by atoms with Gasteiger partial charge in [-0.2, -0.15) is 0 Å². The number of amides is 1. The SMILES string of the molecule is CC1CCCC(NC(=O)Cn2c(=O)cnc3ccccc32)C1. The average Bonchev–Trinajstić information content (AvgIpc) is 2.50. The van der Waals surface area contributed by atoms with Gasteiger partial charge in [-0.15, -0.1) is 0 Å². The van der Waals surface area contributed by atoms with Crippen LogP contribution in [0.4, 0.5) is 0 Å². The Hall–Kier alpha value is -2.17. The minimum absolute atomic E-state index is 0.0484. The Morgan fingerprint density at radius 1 is 1.36 bits per heavy atom. The van der Waals surface area contributed by atoms with Crippen molar-refractivity contribution in [3.63, 3.8) is 0 Å². The summed E-state index contributed by atoms with van der Waals surface area (Å²) in [5, 5.41) is 3.07. The van der Waals surface area contributed by atoms with Crippen molar-refractivity contribution in [2.24, 2.45) is 5.92 Å². The molecule has 0 saturated heterocycles. The summed E-state index contributed by atoms with van der Waals surface area (Å²) in [5.41, 5.74) is 1.18. The number of carbonyl (C=O) groups excluding carboxylic acids is 1. The number of rotatable bonds is 3. The smallest absolute Gasteiger partial charge is 0.269 e. The Labute approximate surface area is 129 Å². The zero-order chi connectivity index (χ0) is 15.5. The lowest BCUT2D eigenvalue weighted by atomic mass is 9.87. The summed E-state index contributed by atoms with van der Waals surface area (Å²) in [6, 6.07) is 7.61. The Morgan fingerprint density at radius 3 is 3.00 bits per heavy atom. The largest absolute Gasteiger partial charge is 0.352 e. The highest BCUT2D eigenvalue weighted by Gasteiger charge is 2.20. The second-order valence-corrected chi connectivity index (χ2v) is 6.21. The summed E-state index contributed by atoms with van der Waals surface area (Å²) in [6.45, 7) is 2.27. The van der Waals surface area contributed by atoms with Crippen LogP contribution in [-0.4, -0.2) is 21.5 Å². The molecule has 2 atom stereocenters. The molecule has 2 aromatic rings. The summed E-state index contributed by atoms with van der Waals surface area (Å²) >= 11 is 0. The van der Waals surface area contributed by atoms with Crippen LogP contribution in [-0.2, 0) is 11.3 Å². The van der Waals surface area contributed by atoms with Crippen molar-refractivity contribution in [2.45, 2.75) is 45.2 Å². The molecule has 116 valence electrons. The summed E-state index contributed by atoms with van der Waals surface area (Å²) in [5.74, 6) is 0.557. The fraction of sp³-hybridized carbons (Fsp3) is 0.471. The predicted octanol–water partition coefficient (Wildman–Crippen LogP) is 2.09. The first-order valence-electron chi connectivity index (χ1n) is 7.87. The van der Waals surface area contributed by atoms with Crippen LogP contribution in [0.2, 0.25) is 0 Å². The summed E-state index contributed by atoms with van der Waals surface area (Å²) in [6.07, 6.45) is 5.73. The van der Waals surface area contributed by atoms with Crippen LogP contribution in [0.15, 0.2) is 35.3 Å². The van der Waals surface area contributed by atoms with Crippen LogP contribution >= 0.6 is 0 Å². The van der Waals surface area contributed by atoms with Crippen LogP contribution in [0.5, 0.6) is 0 Å². The first-order valence-corrected chi connectivity index (χ1v) is 7.87. The zero-order valence-electron chi connectivity index (χ0n) is 12.8. The van der Waals surface area contributed by atoms with E-state index in [1.165, 1.54) is 17.2 Å².